The van der Waals surface area contributed by atoms with E-state index in [0.29, 0.717) is 23.7 Å². The lowest BCUT2D eigenvalue weighted by Gasteiger charge is -2.47. The Hall–Kier alpha value is -1.37. The summed E-state index contributed by atoms with van der Waals surface area (Å²) in [5.74, 6) is -0.282. The number of hydrogen-bond donors (Lipinski definition) is 1. The molecule has 3 aliphatic rings. The lowest BCUT2D eigenvalue weighted by atomic mass is 9.71. The number of anilines is 1. The predicted octanol–water partition coefficient (Wildman–Crippen LogP) is 2.74. The van der Waals surface area contributed by atoms with Gasteiger partial charge >= 0.3 is 6.18 Å². The Morgan fingerprint density at radius 2 is 2.14 bits per heavy atom. The first-order chi connectivity index (χ1) is 9.81. The van der Waals surface area contributed by atoms with Gasteiger partial charge in [-0.05, 0) is 37.3 Å². The second kappa shape index (κ2) is 3.88. The average Bonchev–Trinajstić information content (AvgIpc) is 2.99. The van der Waals surface area contributed by atoms with Crippen molar-refractivity contribution in [2.45, 2.75) is 31.1 Å². The van der Waals surface area contributed by atoms with Gasteiger partial charge in [-0.2, -0.15) is 13.2 Å². The van der Waals surface area contributed by atoms with Crippen molar-refractivity contribution in [1.82, 2.24) is 9.88 Å². The molecule has 2 aliphatic carbocycles. The molecule has 0 bridgehead atoms. The summed E-state index contributed by atoms with van der Waals surface area (Å²) in [6, 6.07) is 0.925. The van der Waals surface area contributed by atoms with Crippen LogP contribution in [0, 0.1) is 17.2 Å². The highest BCUT2D eigenvalue weighted by Gasteiger charge is 2.73. The maximum absolute atomic E-state index is 13.8. The van der Waals surface area contributed by atoms with Gasteiger partial charge in [0.25, 0.3) is 0 Å². The summed E-state index contributed by atoms with van der Waals surface area (Å²) in [6.45, 7) is 1.06. The molecule has 4 rings (SSSR count). The predicted molar refractivity (Wildman–Crippen MR) is 68.2 cm³/mol. The van der Waals surface area contributed by atoms with E-state index in [1.54, 1.807) is 0 Å². The lowest BCUT2D eigenvalue weighted by molar-refractivity contribution is -0.138. The second-order valence-corrected chi connectivity index (χ2v) is 6.53. The van der Waals surface area contributed by atoms with E-state index < -0.39 is 17.6 Å². The Balaban J connectivity index is 1.51. The Bertz CT molecular complexity index is 602. The zero-order valence-electron chi connectivity index (χ0n) is 11.4. The van der Waals surface area contributed by atoms with Crippen LogP contribution in [-0.2, 0) is 6.18 Å². The van der Waals surface area contributed by atoms with Gasteiger partial charge in [-0.3, -0.25) is 0 Å². The largest absolute Gasteiger partial charge is 0.417 e. The Morgan fingerprint density at radius 3 is 2.76 bits per heavy atom. The van der Waals surface area contributed by atoms with Gasteiger partial charge in [0.15, 0.2) is 11.6 Å². The van der Waals surface area contributed by atoms with Crippen LogP contribution in [0.4, 0.5) is 23.4 Å². The van der Waals surface area contributed by atoms with Crippen LogP contribution >= 0.6 is 0 Å². The molecule has 0 amide bonds. The zero-order valence-corrected chi connectivity index (χ0v) is 11.4. The highest BCUT2D eigenvalue weighted by molar-refractivity contribution is 5.43. The molecule has 1 N–H and O–H groups in total. The van der Waals surface area contributed by atoms with Gasteiger partial charge in [0, 0.05) is 24.8 Å². The third-order valence-electron chi connectivity index (χ3n) is 5.32. The number of alkyl halides is 3. The fourth-order valence-electron chi connectivity index (χ4n) is 4.35. The fourth-order valence-corrected chi connectivity index (χ4v) is 4.35. The van der Waals surface area contributed by atoms with E-state index in [-0.39, 0.29) is 11.9 Å². The molecule has 114 valence electrons. The van der Waals surface area contributed by atoms with Crippen LogP contribution in [0.5, 0.6) is 0 Å². The number of piperidine rings is 1. The van der Waals surface area contributed by atoms with Gasteiger partial charge in [0.1, 0.15) is 0 Å². The van der Waals surface area contributed by atoms with E-state index in [1.807, 2.05) is 7.05 Å². The first-order valence-corrected chi connectivity index (χ1v) is 7.01. The maximum Gasteiger partial charge on any atom is 0.417 e. The maximum atomic E-state index is 13.8. The molecule has 1 aromatic rings. The fraction of sp³-hybridized carbons (Fsp3) is 0.643. The lowest BCUT2D eigenvalue weighted by Crippen LogP contribution is -2.57. The molecule has 3 fully saturated rings. The topological polar surface area (TPSA) is 28.2 Å². The minimum absolute atomic E-state index is 0.0706. The van der Waals surface area contributed by atoms with Crippen molar-refractivity contribution < 1.29 is 17.6 Å². The summed E-state index contributed by atoms with van der Waals surface area (Å²) in [5, 5.41) is 2.98. The molecule has 0 aromatic carbocycles. The summed E-state index contributed by atoms with van der Waals surface area (Å²) in [5.41, 5.74) is -0.676. The van der Waals surface area contributed by atoms with Crippen LogP contribution in [0.3, 0.4) is 0 Å². The quantitative estimate of drug-likeness (QED) is 0.851. The molecule has 0 radical (unpaired) electrons. The highest BCUT2D eigenvalue weighted by Crippen LogP contribution is 2.71. The van der Waals surface area contributed by atoms with E-state index >= 15 is 0 Å². The van der Waals surface area contributed by atoms with E-state index in [1.165, 1.54) is 6.42 Å². The van der Waals surface area contributed by atoms with Crippen LogP contribution in [-0.4, -0.2) is 35.6 Å². The molecule has 2 saturated carbocycles. The first-order valence-electron chi connectivity index (χ1n) is 7.01. The SMILES string of the molecule is CN1CC2CC23CC(Nc2ncc(C(F)(F)F)cc2F)C13. The number of likely N-dealkylation sites (N-methyl/N-ethyl adjacent to an activating group) is 1. The van der Waals surface area contributed by atoms with Gasteiger partial charge in [-0.25, -0.2) is 9.37 Å². The number of rotatable bonds is 2. The molecule has 1 spiro atoms. The molecular weight excluding hydrogens is 286 g/mol. The number of aromatic nitrogens is 1. The molecule has 1 aliphatic heterocycles. The van der Waals surface area contributed by atoms with E-state index in [2.05, 4.69) is 15.2 Å². The van der Waals surface area contributed by atoms with E-state index in [0.717, 1.165) is 18.9 Å². The molecule has 2 heterocycles. The van der Waals surface area contributed by atoms with Crippen molar-refractivity contribution >= 4 is 5.82 Å². The molecule has 3 nitrogen and oxygen atoms in total. The Labute approximate surface area is 119 Å². The molecule has 4 atom stereocenters. The van der Waals surface area contributed by atoms with Crippen LogP contribution < -0.4 is 5.32 Å². The number of nitrogens with zero attached hydrogens (tertiary/aromatic N) is 2. The van der Waals surface area contributed by atoms with Crippen LogP contribution in [0.25, 0.3) is 0 Å². The molecule has 1 saturated heterocycles. The van der Waals surface area contributed by atoms with Crippen molar-refractivity contribution in [3.8, 4) is 0 Å². The number of pyridine rings is 1. The minimum atomic E-state index is -4.57. The molecule has 4 unspecified atom stereocenters. The number of likely N-dealkylation sites (tertiary alicyclic amines) is 1. The van der Waals surface area contributed by atoms with Gasteiger partial charge in [-0.1, -0.05) is 0 Å². The van der Waals surface area contributed by atoms with Crippen molar-refractivity contribution in [1.29, 1.82) is 0 Å². The standard InChI is InChI=1S/C14H15F4N3/c1-21-6-8-3-13(8)4-10(11(13)21)20-12-9(15)2-7(5-19-12)14(16,17)18/h2,5,8,10-11H,3-4,6H2,1H3,(H,19,20). The van der Waals surface area contributed by atoms with E-state index in [9.17, 15) is 17.6 Å². The third-order valence-corrected chi connectivity index (χ3v) is 5.32. The van der Waals surface area contributed by atoms with Gasteiger partial charge in [-0.15, -0.1) is 0 Å². The van der Waals surface area contributed by atoms with Gasteiger partial charge in [0.05, 0.1) is 5.56 Å². The molecule has 1 aromatic heterocycles. The Morgan fingerprint density at radius 1 is 1.38 bits per heavy atom. The molecule has 21 heavy (non-hydrogen) atoms. The smallest absolute Gasteiger partial charge is 0.363 e. The van der Waals surface area contributed by atoms with Crippen LogP contribution in [0.1, 0.15) is 18.4 Å². The molecule has 7 heteroatoms. The normalized spacial score (nSPS) is 37.7. The van der Waals surface area contributed by atoms with E-state index in [4.69, 9.17) is 0 Å². The minimum Gasteiger partial charge on any atom is -0.363 e. The zero-order chi connectivity index (χ0) is 15.0. The summed E-state index contributed by atoms with van der Waals surface area (Å²) in [6.07, 6.45) is -1.71. The number of halogens is 4. The average molecular weight is 301 g/mol. The Kier molecular flexibility index (Phi) is 2.46. The van der Waals surface area contributed by atoms with Crippen molar-refractivity contribution in [3.05, 3.63) is 23.6 Å². The summed E-state index contributed by atoms with van der Waals surface area (Å²) in [4.78, 5) is 5.88. The monoisotopic (exact) mass is 301 g/mol. The highest BCUT2D eigenvalue weighted by atomic mass is 19.4. The first kappa shape index (κ1) is 13.3. The van der Waals surface area contributed by atoms with Crippen molar-refractivity contribution in [2.75, 3.05) is 18.9 Å². The second-order valence-electron chi connectivity index (χ2n) is 6.53. The van der Waals surface area contributed by atoms with Crippen molar-refractivity contribution in [3.63, 3.8) is 0 Å². The number of nitrogens with one attached hydrogen (secondary N) is 1. The molecular formula is C14H15F4N3. The summed E-state index contributed by atoms with van der Waals surface area (Å²) < 4.78 is 51.3. The number of hydrogen-bond acceptors (Lipinski definition) is 3. The van der Waals surface area contributed by atoms with Crippen LogP contribution in [0.15, 0.2) is 12.3 Å². The summed E-state index contributed by atoms with van der Waals surface area (Å²) in [7, 11) is 2.04. The third kappa shape index (κ3) is 1.79. The van der Waals surface area contributed by atoms with Gasteiger partial charge < -0.3 is 10.2 Å². The summed E-state index contributed by atoms with van der Waals surface area (Å²) >= 11 is 0. The van der Waals surface area contributed by atoms with Crippen LogP contribution in [0.2, 0.25) is 0 Å². The van der Waals surface area contributed by atoms with Crippen molar-refractivity contribution in [2.24, 2.45) is 11.3 Å². The van der Waals surface area contributed by atoms with Gasteiger partial charge in [0.2, 0.25) is 0 Å².